The quantitative estimate of drug-likeness (QED) is 0.699. The molecule has 0 atom stereocenters. The summed E-state index contributed by atoms with van der Waals surface area (Å²) in [5.41, 5.74) is 2.74. The van der Waals surface area contributed by atoms with Crippen molar-refractivity contribution in [3.05, 3.63) is 52.1 Å². The third-order valence-corrected chi connectivity index (χ3v) is 4.32. The lowest BCUT2D eigenvalue weighted by atomic mass is 10.2. The van der Waals surface area contributed by atoms with Gasteiger partial charge in [-0.05, 0) is 72.8 Å². The SMILES string of the molecule is CCN(CC)c1ccc(NC(=O)Nc2ccccc2I)cc1. The predicted octanol–water partition coefficient (Wildman–Crippen LogP) is 4.78. The summed E-state index contributed by atoms with van der Waals surface area (Å²) < 4.78 is 1.01. The fourth-order valence-corrected chi connectivity index (χ4v) is 2.71. The van der Waals surface area contributed by atoms with Gasteiger partial charge in [0.1, 0.15) is 0 Å². The summed E-state index contributed by atoms with van der Waals surface area (Å²) in [7, 11) is 0. The van der Waals surface area contributed by atoms with E-state index < -0.39 is 0 Å². The molecule has 4 nitrogen and oxygen atoms in total. The van der Waals surface area contributed by atoms with Crippen molar-refractivity contribution in [2.75, 3.05) is 28.6 Å². The second kappa shape index (κ2) is 8.03. The second-order valence-electron chi connectivity index (χ2n) is 4.78. The van der Waals surface area contributed by atoms with E-state index >= 15 is 0 Å². The molecule has 0 saturated heterocycles. The van der Waals surface area contributed by atoms with Gasteiger partial charge in [-0.25, -0.2) is 4.79 Å². The van der Waals surface area contributed by atoms with Crippen LogP contribution in [0.2, 0.25) is 0 Å². The number of hydrogen-bond acceptors (Lipinski definition) is 2. The maximum atomic E-state index is 12.0. The number of rotatable bonds is 5. The van der Waals surface area contributed by atoms with Crippen LogP contribution in [0.25, 0.3) is 0 Å². The van der Waals surface area contributed by atoms with E-state index in [9.17, 15) is 4.79 Å². The number of carbonyl (C=O) groups is 1. The third-order valence-electron chi connectivity index (χ3n) is 3.38. The molecule has 2 amide bonds. The van der Waals surface area contributed by atoms with Crippen molar-refractivity contribution in [1.29, 1.82) is 0 Å². The molecule has 0 aliphatic carbocycles. The van der Waals surface area contributed by atoms with Gasteiger partial charge < -0.3 is 15.5 Å². The number of nitrogens with one attached hydrogen (secondary N) is 2. The number of para-hydroxylation sites is 1. The summed E-state index contributed by atoms with van der Waals surface area (Å²) in [6.07, 6.45) is 0. The zero-order valence-corrected chi connectivity index (χ0v) is 14.9. The van der Waals surface area contributed by atoms with Gasteiger partial charge in [0.2, 0.25) is 0 Å². The van der Waals surface area contributed by atoms with Crippen LogP contribution >= 0.6 is 22.6 Å². The largest absolute Gasteiger partial charge is 0.372 e. The number of hydrogen-bond donors (Lipinski definition) is 2. The molecule has 2 aromatic rings. The fraction of sp³-hybridized carbons (Fsp3) is 0.235. The van der Waals surface area contributed by atoms with Gasteiger partial charge in [-0.2, -0.15) is 0 Å². The van der Waals surface area contributed by atoms with Gasteiger partial charge in [-0.1, -0.05) is 12.1 Å². The zero-order valence-electron chi connectivity index (χ0n) is 12.8. The van der Waals surface area contributed by atoms with E-state index in [1.807, 2.05) is 48.5 Å². The Bertz CT molecular complexity index is 624. The number of urea groups is 1. The third kappa shape index (κ3) is 4.37. The average Bonchev–Trinajstić information content (AvgIpc) is 2.52. The highest BCUT2D eigenvalue weighted by Gasteiger charge is 2.06. The minimum atomic E-state index is -0.236. The first-order chi connectivity index (χ1) is 10.6. The molecule has 116 valence electrons. The van der Waals surface area contributed by atoms with Crippen molar-refractivity contribution in [3.8, 4) is 0 Å². The normalized spacial score (nSPS) is 10.1. The maximum Gasteiger partial charge on any atom is 0.323 e. The number of amides is 2. The average molecular weight is 409 g/mol. The highest BCUT2D eigenvalue weighted by molar-refractivity contribution is 14.1. The predicted molar refractivity (Wildman–Crippen MR) is 102 cm³/mol. The number of benzene rings is 2. The molecule has 2 aromatic carbocycles. The van der Waals surface area contributed by atoms with Crippen molar-refractivity contribution >= 4 is 45.7 Å². The van der Waals surface area contributed by atoms with Crippen molar-refractivity contribution in [3.63, 3.8) is 0 Å². The highest BCUT2D eigenvalue weighted by Crippen LogP contribution is 2.19. The lowest BCUT2D eigenvalue weighted by Gasteiger charge is -2.21. The summed E-state index contributed by atoms with van der Waals surface area (Å²) in [6, 6.07) is 15.3. The van der Waals surface area contributed by atoms with Crippen LogP contribution in [-0.4, -0.2) is 19.1 Å². The maximum absolute atomic E-state index is 12.0. The van der Waals surface area contributed by atoms with Crippen LogP contribution in [0.4, 0.5) is 21.9 Å². The van der Waals surface area contributed by atoms with Gasteiger partial charge >= 0.3 is 6.03 Å². The van der Waals surface area contributed by atoms with E-state index in [4.69, 9.17) is 0 Å². The highest BCUT2D eigenvalue weighted by atomic mass is 127. The fourth-order valence-electron chi connectivity index (χ4n) is 2.19. The summed E-state index contributed by atoms with van der Waals surface area (Å²) >= 11 is 2.20. The molecular formula is C17H20IN3O. The van der Waals surface area contributed by atoms with Crippen molar-refractivity contribution < 1.29 is 4.79 Å². The Balaban J connectivity index is 1.99. The van der Waals surface area contributed by atoms with Crippen molar-refractivity contribution in [1.82, 2.24) is 0 Å². The standard InChI is InChI=1S/C17H20IN3O/c1-3-21(4-2)14-11-9-13(10-12-14)19-17(22)20-16-8-6-5-7-15(16)18/h5-12H,3-4H2,1-2H3,(H2,19,20,22). The Hall–Kier alpha value is -1.76. The summed E-state index contributed by atoms with van der Waals surface area (Å²) in [4.78, 5) is 14.3. The van der Waals surface area contributed by atoms with Gasteiger partial charge in [-0.15, -0.1) is 0 Å². The minimum absolute atomic E-state index is 0.236. The Morgan fingerprint density at radius 1 is 1.00 bits per heavy atom. The topological polar surface area (TPSA) is 44.4 Å². The zero-order chi connectivity index (χ0) is 15.9. The van der Waals surface area contributed by atoms with E-state index in [1.165, 1.54) is 0 Å². The second-order valence-corrected chi connectivity index (χ2v) is 5.94. The molecule has 2 N–H and O–H groups in total. The molecule has 0 heterocycles. The van der Waals surface area contributed by atoms with E-state index in [1.54, 1.807) is 0 Å². The van der Waals surface area contributed by atoms with Gasteiger partial charge in [0, 0.05) is 28.0 Å². The Kier molecular flexibility index (Phi) is 6.06. The van der Waals surface area contributed by atoms with Gasteiger partial charge in [-0.3, -0.25) is 0 Å². The molecule has 0 radical (unpaired) electrons. The van der Waals surface area contributed by atoms with Crippen LogP contribution in [-0.2, 0) is 0 Å². The van der Waals surface area contributed by atoms with Crippen molar-refractivity contribution in [2.45, 2.75) is 13.8 Å². The Morgan fingerprint density at radius 2 is 1.64 bits per heavy atom. The Labute approximate surface area is 145 Å². The number of anilines is 3. The molecule has 0 saturated carbocycles. The smallest absolute Gasteiger partial charge is 0.323 e. The Morgan fingerprint density at radius 3 is 2.23 bits per heavy atom. The van der Waals surface area contributed by atoms with Crippen LogP contribution in [0, 0.1) is 3.57 Å². The first kappa shape index (κ1) is 16.6. The lowest BCUT2D eigenvalue weighted by Crippen LogP contribution is -2.22. The van der Waals surface area contributed by atoms with Crippen LogP contribution in [0.5, 0.6) is 0 Å². The van der Waals surface area contributed by atoms with Gasteiger partial charge in [0.15, 0.2) is 0 Å². The van der Waals surface area contributed by atoms with Crippen LogP contribution in [0.1, 0.15) is 13.8 Å². The summed E-state index contributed by atoms with van der Waals surface area (Å²) in [5, 5.41) is 5.70. The first-order valence-electron chi connectivity index (χ1n) is 7.31. The molecular weight excluding hydrogens is 389 g/mol. The first-order valence-corrected chi connectivity index (χ1v) is 8.39. The molecule has 5 heteroatoms. The van der Waals surface area contributed by atoms with E-state index in [0.717, 1.165) is 33.7 Å². The monoisotopic (exact) mass is 409 g/mol. The van der Waals surface area contributed by atoms with E-state index in [0.29, 0.717) is 0 Å². The van der Waals surface area contributed by atoms with Gasteiger partial charge in [0.25, 0.3) is 0 Å². The molecule has 0 aliphatic heterocycles. The molecule has 0 fully saturated rings. The molecule has 2 rings (SSSR count). The van der Waals surface area contributed by atoms with Crippen LogP contribution in [0.3, 0.4) is 0 Å². The van der Waals surface area contributed by atoms with Crippen LogP contribution < -0.4 is 15.5 Å². The van der Waals surface area contributed by atoms with Crippen molar-refractivity contribution in [2.24, 2.45) is 0 Å². The van der Waals surface area contributed by atoms with E-state index in [-0.39, 0.29) is 6.03 Å². The summed E-state index contributed by atoms with van der Waals surface area (Å²) in [6.45, 7) is 6.20. The lowest BCUT2D eigenvalue weighted by molar-refractivity contribution is 0.262. The molecule has 0 bridgehead atoms. The number of nitrogens with zero attached hydrogens (tertiary/aromatic N) is 1. The number of halogens is 1. The van der Waals surface area contributed by atoms with Gasteiger partial charge in [0.05, 0.1) is 5.69 Å². The molecule has 0 unspecified atom stereocenters. The molecule has 22 heavy (non-hydrogen) atoms. The molecule has 0 spiro atoms. The minimum Gasteiger partial charge on any atom is -0.372 e. The number of carbonyl (C=O) groups excluding carboxylic acids is 1. The summed E-state index contributed by atoms with van der Waals surface area (Å²) in [5.74, 6) is 0. The van der Waals surface area contributed by atoms with Crippen LogP contribution in [0.15, 0.2) is 48.5 Å². The molecule has 0 aromatic heterocycles. The van der Waals surface area contributed by atoms with E-state index in [2.05, 4.69) is 52.0 Å². The molecule has 0 aliphatic rings.